The van der Waals surface area contributed by atoms with Crippen molar-refractivity contribution in [3.8, 4) is 0 Å². The Balaban J connectivity index is 0.000000451. The molecule has 1 saturated heterocycles. The number of carboxylic acids is 1. The molecule has 2 heterocycles. The molecule has 152 valence electrons. The zero-order chi connectivity index (χ0) is 20.0. The highest BCUT2D eigenvalue weighted by Crippen LogP contribution is 2.35. The van der Waals surface area contributed by atoms with Crippen molar-refractivity contribution in [2.75, 3.05) is 13.1 Å². The van der Waals surface area contributed by atoms with Crippen LogP contribution >= 0.6 is 0 Å². The Morgan fingerprint density at radius 2 is 1.74 bits per heavy atom. The highest BCUT2D eigenvalue weighted by molar-refractivity contribution is 6.17. The van der Waals surface area contributed by atoms with E-state index in [-0.39, 0.29) is 17.7 Å². The fraction of sp³-hybridized carbons (Fsp3) is 0.762. The Kier molecular flexibility index (Phi) is 7.59. The Hall–Kier alpha value is -1.69. The molecule has 1 aliphatic carbocycles. The molecule has 1 unspecified atom stereocenters. The first-order valence-corrected chi connectivity index (χ1v) is 10.3. The molecule has 0 aromatic rings. The van der Waals surface area contributed by atoms with Crippen LogP contribution in [-0.2, 0) is 9.59 Å². The topological polar surface area (TPSA) is 90.8 Å². The number of nitrogens with zero attached hydrogens (tertiary/aromatic N) is 1. The van der Waals surface area contributed by atoms with Gasteiger partial charge >= 0.3 is 5.97 Å². The number of rotatable bonds is 4. The maximum absolute atomic E-state index is 12.3. The van der Waals surface area contributed by atoms with Gasteiger partial charge in [-0.1, -0.05) is 33.1 Å². The molecule has 6 heteroatoms. The second-order valence-electron chi connectivity index (χ2n) is 8.35. The van der Waals surface area contributed by atoms with E-state index in [0.717, 1.165) is 31.3 Å². The van der Waals surface area contributed by atoms with E-state index in [9.17, 15) is 14.7 Å². The molecule has 0 aromatic carbocycles. The summed E-state index contributed by atoms with van der Waals surface area (Å²) < 4.78 is 0. The normalized spacial score (nSPS) is 26.9. The van der Waals surface area contributed by atoms with Gasteiger partial charge in [0.15, 0.2) is 0 Å². The van der Waals surface area contributed by atoms with Gasteiger partial charge in [-0.15, -0.1) is 0 Å². The highest BCUT2D eigenvalue weighted by Gasteiger charge is 2.43. The van der Waals surface area contributed by atoms with Crippen LogP contribution in [0.4, 0.5) is 0 Å². The van der Waals surface area contributed by atoms with Crippen molar-refractivity contribution >= 4 is 17.7 Å². The molecule has 3 N–H and O–H groups in total. The Bertz CT molecular complexity index is 607. The van der Waals surface area contributed by atoms with Gasteiger partial charge in [0.1, 0.15) is 11.4 Å². The summed E-state index contributed by atoms with van der Waals surface area (Å²) >= 11 is 0. The molecule has 3 rings (SSSR count). The van der Waals surface area contributed by atoms with Crippen molar-refractivity contribution in [2.45, 2.75) is 78.2 Å². The molecule has 0 aromatic heterocycles. The quantitative estimate of drug-likeness (QED) is 0.656. The largest absolute Gasteiger partial charge is 0.478 e. The zero-order valence-corrected chi connectivity index (χ0v) is 17.2. The summed E-state index contributed by atoms with van der Waals surface area (Å²) in [6, 6.07) is 0. The standard InChI is InChI=1S/C17H26N2O3.C4H9N/c1-10(2)17(4)16(22)18-14(19-17)13(11(3)15(20)21)12-8-6-5-7-9-12;1-2-4-5-3-1/h10,12H,5-9H2,1-4H3,(H,20,21)(H,18,19,22);5H,1-4H2. The number of amidine groups is 1. The van der Waals surface area contributed by atoms with Crippen molar-refractivity contribution < 1.29 is 14.7 Å². The lowest BCUT2D eigenvalue weighted by molar-refractivity contribution is -0.132. The number of carboxylic acid groups (broad SMARTS) is 1. The number of nitrogens with one attached hydrogen (secondary N) is 2. The fourth-order valence-corrected chi connectivity index (χ4v) is 3.87. The van der Waals surface area contributed by atoms with E-state index in [0.29, 0.717) is 11.4 Å². The van der Waals surface area contributed by atoms with E-state index in [2.05, 4.69) is 15.6 Å². The molecule has 3 aliphatic rings. The number of carbonyl (C=O) groups excluding carboxylic acids is 1. The summed E-state index contributed by atoms with van der Waals surface area (Å²) in [4.78, 5) is 28.4. The van der Waals surface area contributed by atoms with Gasteiger partial charge in [0.05, 0.1) is 0 Å². The Labute approximate surface area is 162 Å². The molecule has 2 aliphatic heterocycles. The van der Waals surface area contributed by atoms with Gasteiger partial charge in [0, 0.05) is 11.1 Å². The minimum Gasteiger partial charge on any atom is -0.478 e. The lowest BCUT2D eigenvalue weighted by Crippen LogP contribution is -2.41. The van der Waals surface area contributed by atoms with Crippen molar-refractivity contribution in [3.05, 3.63) is 11.1 Å². The molecular weight excluding hydrogens is 342 g/mol. The van der Waals surface area contributed by atoms with Crippen LogP contribution in [0.5, 0.6) is 0 Å². The zero-order valence-electron chi connectivity index (χ0n) is 17.2. The van der Waals surface area contributed by atoms with E-state index in [1.165, 1.54) is 32.4 Å². The van der Waals surface area contributed by atoms with Crippen molar-refractivity contribution in [3.63, 3.8) is 0 Å². The summed E-state index contributed by atoms with van der Waals surface area (Å²) in [6.45, 7) is 9.85. The SMILES string of the molecule is C1CCNC1.CC(C(=O)O)=C(C1=NC(C)(C(C)C)C(=O)N1)C1CCCCC1. The lowest BCUT2D eigenvalue weighted by atomic mass is 9.81. The van der Waals surface area contributed by atoms with E-state index in [4.69, 9.17) is 0 Å². The Morgan fingerprint density at radius 3 is 2.15 bits per heavy atom. The van der Waals surface area contributed by atoms with E-state index >= 15 is 0 Å². The first-order valence-electron chi connectivity index (χ1n) is 10.3. The average molecular weight is 378 g/mol. The van der Waals surface area contributed by atoms with Gasteiger partial charge in [-0.25, -0.2) is 4.79 Å². The van der Waals surface area contributed by atoms with Crippen molar-refractivity contribution in [1.29, 1.82) is 0 Å². The smallest absolute Gasteiger partial charge is 0.331 e. The first-order chi connectivity index (χ1) is 12.8. The molecular formula is C21H35N3O3. The van der Waals surface area contributed by atoms with Crippen LogP contribution in [0.3, 0.4) is 0 Å². The minimum atomic E-state index is -0.935. The maximum Gasteiger partial charge on any atom is 0.331 e. The molecule has 0 bridgehead atoms. The summed E-state index contributed by atoms with van der Waals surface area (Å²) in [7, 11) is 0. The molecule has 0 spiro atoms. The Morgan fingerprint density at radius 1 is 1.15 bits per heavy atom. The van der Waals surface area contributed by atoms with E-state index in [1.54, 1.807) is 6.92 Å². The van der Waals surface area contributed by atoms with E-state index in [1.807, 2.05) is 20.8 Å². The molecule has 1 saturated carbocycles. The van der Waals surface area contributed by atoms with E-state index < -0.39 is 11.5 Å². The monoisotopic (exact) mass is 377 g/mol. The van der Waals surface area contributed by atoms with Crippen LogP contribution in [0.2, 0.25) is 0 Å². The highest BCUT2D eigenvalue weighted by atomic mass is 16.4. The molecule has 1 atom stereocenters. The fourth-order valence-electron chi connectivity index (χ4n) is 3.87. The van der Waals surface area contributed by atoms with Crippen LogP contribution < -0.4 is 10.6 Å². The summed E-state index contributed by atoms with van der Waals surface area (Å²) in [5, 5.41) is 15.5. The average Bonchev–Trinajstić information content (AvgIpc) is 3.29. The molecule has 0 radical (unpaired) electrons. The van der Waals surface area contributed by atoms with Gasteiger partial charge in [0.2, 0.25) is 0 Å². The predicted octanol–water partition coefficient (Wildman–Crippen LogP) is 3.28. The van der Waals surface area contributed by atoms with Gasteiger partial charge < -0.3 is 15.7 Å². The maximum atomic E-state index is 12.3. The molecule has 27 heavy (non-hydrogen) atoms. The van der Waals surface area contributed by atoms with Gasteiger partial charge in [-0.2, -0.15) is 0 Å². The van der Waals surface area contributed by atoms with Crippen LogP contribution in [0.15, 0.2) is 16.1 Å². The number of hydrogen-bond acceptors (Lipinski definition) is 4. The third-order valence-electron chi connectivity index (χ3n) is 6.11. The summed E-state index contributed by atoms with van der Waals surface area (Å²) in [5.74, 6) is -0.353. The number of aliphatic carboxylic acids is 1. The number of hydrogen-bond donors (Lipinski definition) is 3. The first kappa shape index (κ1) is 21.6. The number of amides is 1. The van der Waals surface area contributed by atoms with Crippen LogP contribution in [0, 0.1) is 11.8 Å². The predicted molar refractivity (Wildman–Crippen MR) is 108 cm³/mol. The molecule has 6 nitrogen and oxygen atoms in total. The number of carbonyl (C=O) groups is 2. The van der Waals surface area contributed by atoms with Crippen molar-refractivity contribution in [2.24, 2.45) is 16.8 Å². The van der Waals surface area contributed by atoms with Crippen molar-refractivity contribution in [1.82, 2.24) is 10.6 Å². The summed E-state index contributed by atoms with van der Waals surface area (Å²) in [6.07, 6.45) is 8.10. The van der Waals surface area contributed by atoms with Crippen LogP contribution in [-0.4, -0.2) is 41.4 Å². The molecule has 2 fully saturated rings. The third kappa shape index (κ3) is 5.18. The van der Waals surface area contributed by atoms with Crippen LogP contribution in [0.25, 0.3) is 0 Å². The lowest BCUT2D eigenvalue weighted by Gasteiger charge is -2.25. The molecule has 1 amide bonds. The summed E-state index contributed by atoms with van der Waals surface area (Å²) in [5.41, 5.74) is 0.220. The third-order valence-corrected chi connectivity index (χ3v) is 6.11. The second-order valence-corrected chi connectivity index (χ2v) is 8.35. The second kappa shape index (κ2) is 9.49. The number of aliphatic imine (C=N–C) groups is 1. The van der Waals surface area contributed by atoms with Gasteiger partial charge in [0.25, 0.3) is 5.91 Å². The minimum absolute atomic E-state index is 0.0581. The van der Waals surface area contributed by atoms with Crippen LogP contribution in [0.1, 0.15) is 72.6 Å². The van der Waals surface area contributed by atoms with Gasteiger partial charge in [-0.3, -0.25) is 9.79 Å². The van der Waals surface area contributed by atoms with Gasteiger partial charge in [-0.05, 0) is 64.5 Å².